The number of halogens is 1. The minimum absolute atomic E-state index is 0.0954. The summed E-state index contributed by atoms with van der Waals surface area (Å²) in [7, 11) is -4.21. The van der Waals surface area contributed by atoms with Crippen molar-refractivity contribution in [1.29, 1.82) is 0 Å². The van der Waals surface area contributed by atoms with Gasteiger partial charge in [-0.2, -0.15) is 8.42 Å². The van der Waals surface area contributed by atoms with E-state index >= 15 is 4.39 Å². The van der Waals surface area contributed by atoms with E-state index in [0.717, 1.165) is 12.5 Å². The first-order valence-corrected chi connectivity index (χ1v) is 13.5. The number of alkyl halides is 1. The predicted molar refractivity (Wildman–Crippen MR) is 138 cm³/mol. The Morgan fingerprint density at radius 1 is 1.07 bits per heavy atom. The minimum atomic E-state index is -4.21. The summed E-state index contributed by atoms with van der Waals surface area (Å²) in [6.07, 6.45) is -3.64. The van der Waals surface area contributed by atoms with Crippen molar-refractivity contribution >= 4 is 39.0 Å². The molecule has 0 aliphatic carbocycles. The Hall–Kier alpha value is -4.27. The average molecular weight is 570 g/mol. The molecular formula is C26H24FN5O7S. The molecule has 0 radical (unpaired) electrons. The molecule has 1 saturated heterocycles. The highest BCUT2D eigenvalue weighted by Gasteiger charge is 2.49. The van der Waals surface area contributed by atoms with E-state index in [1.165, 1.54) is 29.4 Å². The molecule has 0 saturated carbocycles. The van der Waals surface area contributed by atoms with E-state index in [9.17, 15) is 18.0 Å². The van der Waals surface area contributed by atoms with E-state index in [1.807, 2.05) is 0 Å². The van der Waals surface area contributed by atoms with Crippen molar-refractivity contribution in [3.63, 3.8) is 0 Å². The van der Waals surface area contributed by atoms with Gasteiger partial charge in [0, 0.05) is 12.5 Å². The Balaban J connectivity index is 1.39. The molecule has 5 rings (SSSR count). The molecule has 1 fully saturated rings. The SMILES string of the molecule is CC(=O)O[C@@H]1[C@H](F)[C@@H](COS(=O)(=O)c2ccc(C)cc2)O[C@H]1n1cnc2c(NC(=O)c3ccccc3)ncnc21. The maximum Gasteiger partial charge on any atom is 0.303 e. The number of carbonyl (C=O) groups is 2. The van der Waals surface area contributed by atoms with Crippen LogP contribution in [-0.2, 0) is 28.6 Å². The van der Waals surface area contributed by atoms with Gasteiger partial charge in [-0.3, -0.25) is 18.3 Å². The number of esters is 1. The second-order valence-corrected chi connectivity index (χ2v) is 10.6. The Morgan fingerprint density at radius 3 is 2.50 bits per heavy atom. The average Bonchev–Trinajstić information content (AvgIpc) is 3.49. The number of fused-ring (bicyclic) bond motifs is 1. The van der Waals surface area contributed by atoms with Gasteiger partial charge in [0.1, 0.15) is 12.4 Å². The van der Waals surface area contributed by atoms with E-state index in [0.29, 0.717) is 5.56 Å². The second kappa shape index (κ2) is 11.1. The monoisotopic (exact) mass is 569 g/mol. The van der Waals surface area contributed by atoms with Crippen molar-refractivity contribution in [1.82, 2.24) is 19.5 Å². The molecule has 1 amide bonds. The van der Waals surface area contributed by atoms with Crippen molar-refractivity contribution in [2.24, 2.45) is 0 Å². The van der Waals surface area contributed by atoms with Gasteiger partial charge in [-0.05, 0) is 31.2 Å². The van der Waals surface area contributed by atoms with Crippen molar-refractivity contribution in [3.05, 3.63) is 78.4 Å². The van der Waals surface area contributed by atoms with Gasteiger partial charge in [-0.1, -0.05) is 35.9 Å². The minimum Gasteiger partial charge on any atom is -0.454 e. The molecule has 0 bridgehead atoms. The first-order chi connectivity index (χ1) is 19.1. The van der Waals surface area contributed by atoms with Gasteiger partial charge in [0.05, 0.1) is 17.8 Å². The van der Waals surface area contributed by atoms with Gasteiger partial charge in [0.2, 0.25) is 0 Å². The van der Waals surface area contributed by atoms with E-state index in [-0.39, 0.29) is 21.9 Å². The largest absolute Gasteiger partial charge is 0.454 e. The molecule has 4 atom stereocenters. The fourth-order valence-electron chi connectivity index (χ4n) is 4.20. The molecule has 14 heteroatoms. The van der Waals surface area contributed by atoms with Crippen LogP contribution in [0.1, 0.15) is 29.1 Å². The first-order valence-electron chi connectivity index (χ1n) is 12.1. The fraction of sp³-hybridized carbons (Fsp3) is 0.269. The Bertz CT molecular complexity index is 1650. The number of ether oxygens (including phenoxy) is 2. The number of carbonyl (C=O) groups excluding carboxylic acids is 2. The normalized spacial score (nSPS) is 20.9. The zero-order valence-electron chi connectivity index (χ0n) is 21.3. The molecule has 208 valence electrons. The number of aryl methyl sites for hydroxylation is 1. The number of anilines is 1. The van der Waals surface area contributed by atoms with E-state index < -0.39 is 53.2 Å². The Kier molecular flexibility index (Phi) is 7.56. The summed E-state index contributed by atoms with van der Waals surface area (Å²) in [6, 6.07) is 14.4. The zero-order chi connectivity index (χ0) is 28.4. The van der Waals surface area contributed by atoms with Crippen LogP contribution in [-0.4, -0.2) is 64.8 Å². The Morgan fingerprint density at radius 2 is 1.80 bits per heavy atom. The number of nitrogens with zero attached hydrogens (tertiary/aromatic N) is 4. The molecule has 1 aliphatic heterocycles. The number of nitrogens with one attached hydrogen (secondary N) is 1. The topological polar surface area (TPSA) is 152 Å². The smallest absolute Gasteiger partial charge is 0.303 e. The molecule has 1 aliphatic rings. The second-order valence-electron chi connectivity index (χ2n) is 9.00. The summed E-state index contributed by atoms with van der Waals surface area (Å²) in [5.74, 6) is -1.11. The number of benzene rings is 2. The molecule has 3 heterocycles. The third-order valence-corrected chi connectivity index (χ3v) is 7.46. The maximum absolute atomic E-state index is 15.5. The van der Waals surface area contributed by atoms with Crippen LogP contribution in [0.15, 0.2) is 72.1 Å². The van der Waals surface area contributed by atoms with Gasteiger partial charge in [-0.25, -0.2) is 19.3 Å². The van der Waals surface area contributed by atoms with E-state index in [2.05, 4.69) is 20.3 Å². The third-order valence-electron chi connectivity index (χ3n) is 6.16. The van der Waals surface area contributed by atoms with Gasteiger partial charge in [0.25, 0.3) is 16.0 Å². The molecule has 12 nitrogen and oxygen atoms in total. The lowest BCUT2D eigenvalue weighted by Gasteiger charge is -2.20. The zero-order valence-corrected chi connectivity index (χ0v) is 22.1. The fourth-order valence-corrected chi connectivity index (χ4v) is 5.12. The third kappa shape index (κ3) is 5.54. The maximum atomic E-state index is 15.5. The van der Waals surface area contributed by atoms with Gasteiger partial charge in [-0.15, -0.1) is 0 Å². The summed E-state index contributed by atoms with van der Waals surface area (Å²) in [5.41, 5.74) is 1.58. The van der Waals surface area contributed by atoms with Crippen LogP contribution in [0.25, 0.3) is 11.2 Å². The molecule has 2 aromatic heterocycles. The van der Waals surface area contributed by atoms with E-state index in [1.54, 1.807) is 49.4 Å². The summed E-state index contributed by atoms with van der Waals surface area (Å²) in [6.45, 7) is 2.24. The van der Waals surface area contributed by atoms with Gasteiger partial charge in [0.15, 0.2) is 35.5 Å². The van der Waals surface area contributed by atoms with Crippen LogP contribution in [0.2, 0.25) is 0 Å². The number of hydrogen-bond acceptors (Lipinski definition) is 10. The van der Waals surface area contributed by atoms with Crippen LogP contribution in [0.5, 0.6) is 0 Å². The van der Waals surface area contributed by atoms with Crippen molar-refractivity contribution < 1.29 is 36.1 Å². The highest BCUT2D eigenvalue weighted by Crippen LogP contribution is 2.36. The van der Waals surface area contributed by atoms with Crippen LogP contribution in [0, 0.1) is 6.92 Å². The summed E-state index contributed by atoms with van der Waals surface area (Å²) in [5, 5.41) is 2.67. The summed E-state index contributed by atoms with van der Waals surface area (Å²) in [4.78, 5) is 36.9. The van der Waals surface area contributed by atoms with Crippen LogP contribution >= 0.6 is 0 Å². The number of imidazole rings is 1. The molecule has 0 unspecified atom stereocenters. The lowest BCUT2D eigenvalue weighted by Crippen LogP contribution is -2.34. The van der Waals surface area contributed by atoms with Crippen molar-refractivity contribution in [2.75, 3.05) is 11.9 Å². The van der Waals surface area contributed by atoms with Gasteiger partial charge >= 0.3 is 5.97 Å². The molecule has 1 N–H and O–H groups in total. The highest BCUT2D eigenvalue weighted by molar-refractivity contribution is 7.86. The Labute approximate surface area is 228 Å². The van der Waals surface area contributed by atoms with Crippen LogP contribution in [0.3, 0.4) is 0 Å². The van der Waals surface area contributed by atoms with Gasteiger partial charge < -0.3 is 14.8 Å². The number of hydrogen-bond donors (Lipinski definition) is 1. The quantitative estimate of drug-likeness (QED) is 0.248. The molecular weight excluding hydrogens is 545 g/mol. The number of aromatic nitrogens is 4. The first kappa shape index (κ1) is 27.3. The van der Waals surface area contributed by atoms with Crippen LogP contribution < -0.4 is 5.32 Å². The molecule has 2 aromatic carbocycles. The van der Waals surface area contributed by atoms with Crippen molar-refractivity contribution in [2.45, 2.75) is 43.4 Å². The number of amides is 1. The predicted octanol–water partition coefficient (Wildman–Crippen LogP) is 2.96. The molecule has 40 heavy (non-hydrogen) atoms. The van der Waals surface area contributed by atoms with Crippen molar-refractivity contribution in [3.8, 4) is 0 Å². The summed E-state index contributed by atoms with van der Waals surface area (Å²) < 4.78 is 58.2. The number of rotatable bonds is 8. The standard InChI is InChI=1S/C26H24FN5O7S/c1-15-8-10-18(11-9-15)40(35,36)37-12-19-20(27)22(38-16(2)33)26(39-19)32-14-30-21-23(28-13-29-24(21)32)31-25(34)17-6-4-3-5-7-17/h3-11,13-14,19-20,22,26H,12H2,1-2H3,(H,28,29,31,34)/t19-,20-,22-,26-/m1/s1. The molecule has 0 spiro atoms. The van der Waals surface area contributed by atoms with Crippen LogP contribution in [0.4, 0.5) is 10.2 Å². The highest BCUT2D eigenvalue weighted by atomic mass is 32.2. The van der Waals surface area contributed by atoms with E-state index in [4.69, 9.17) is 13.7 Å². The summed E-state index contributed by atoms with van der Waals surface area (Å²) >= 11 is 0. The lowest BCUT2D eigenvalue weighted by atomic mass is 10.1. The molecule has 4 aromatic rings. The lowest BCUT2D eigenvalue weighted by molar-refractivity contribution is -0.154.